The van der Waals surface area contributed by atoms with E-state index in [-0.39, 0.29) is 17.3 Å². The lowest BCUT2D eigenvalue weighted by atomic mass is 9.90. The average molecular weight is 375 g/mol. The van der Waals surface area contributed by atoms with Gasteiger partial charge >= 0.3 is 5.97 Å². The summed E-state index contributed by atoms with van der Waals surface area (Å²) in [7, 11) is -3.50. The number of benzene rings is 1. The molecule has 24 heavy (non-hydrogen) atoms. The molecule has 0 bridgehead atoms. The van der Waals surface area contributed by atoms with Gasteiger partial charge in [0.05, 0.1) is 17.1 Å². The molecule has 2 unspecified atom stereocenters. The second-order valence-electron chi connectivity index (χ2n) is 6.07. The SMILES string of the molecule is CCOC(=O)c1ccc(S(=O)(=O)N2CCC3CNCC3C2)cc1.Cl. The van der Waals surface area contributed by atoms with Gasteiger partial charge in [0.2, 0.25) is 10.0 Å². The van der Waals surface area contributed by atoms with E-state index in [1.165, 1.54) is 24.3 Å². The van der Waals surface area contributed by atoms with Crippen LogP contribution in [0.3, 0.4) is 0 Å². The van der Waals surface area contributed by atoms with Gasteiger partial charge < -0.3 is 10.1 Å². The van der Waals surface area contributed by atoms with E-state index >= 15 is 0 Å². The van der Waals surface area contributed by atoms with Gasteiger partial charge in [-0.2, -0.15) is 4.31 Å². The first-order valence-corrected chi connectivity index (χ1v) is 9.44. The molecule has 0 amide bonds. The number of halogens is 1. The van der Waals surface area contributed by atoms with E-state index in [0.29, 0.717) is 37.1 Å². The number of nitrogens with zero attached hydrogens (tertiary/aromatic N) is 1. The van der Waals surface area contributed by atoms with Crippen LogP contribution in [0.2, 0.25) is 0 Å². The van der Waals surface area contributed by atoms with Crippen LogP contribution in [0, 0.1) is 11.8 Å². The van der Waals surface area contributed by atoms with Gasteiger partial charge in [0.1, 0.15) is 0 Å². The molecular weight excluding hydrogens is 352 g/mol. The lowest BCUT2D eigenvalue weighted by molar-refractivity contribution is 0.0526. The molecule has 134 valence electrons. The van der Waals surface area contributed by atoms with Gasteiger partial charge in [0.15, 0.2) is 0 Å². The molecule has 1 N–H and O–H groups in total. The number of carbonyl (C=O) groups is 1. The molecule has 3 rings (SSSR count). The van der Waals surface area contributed by atoms with Crippen molar-refractivity contribution in [3.05, 3.63) is 29.8 Å². The summed E-state index contributed by atoms with van der Waals surface area (Å²) in [5, 5.41) is 3.34. The molecule has 1 aromatic carbocycles. The van der Waals surface area contributed by atoms with Gasteiger partial charge in [-0.3, -0.25) is 0 Å². The minimum atomic E-state index is -3.50. The fraction of sp³-hybridized carbons (Fsp3) is 0.562. The lowest BCUT2D eigenvalue weighted by Crippen LogP contribution is -2.43. The lowest BCUT2D eigenvalue weighted by Gasteiger charge is -2.33. The standard InChI is InChI=1S/C16H22N2O4S.ClH/c1-2-22-16(19)12-3-5-15(6-4-12)23(20,21)18-8-7-13-9-17-10-14(13)11-18;/h3-6,13-14,17H,2,7-11H2,1H3;1H. The average Bonchev–Trinajstić information content (AvgIpc) is 3.03. The molecule has 2 saturated heterocycles. The Morgan fingerprint density at radius 3 is 2.58 bits per heavy atom. The van der Waals surface area contributed by atoms with Crippen molar-refractivity contribution < 1.29 is 17.9 Å². The van der Waals surface area contributed by atoms with Crippen LogP contribution in [0.5, 0.6) is 0 Å². The van der Waals surface area contributed by atoms with Crippen molar-refractivity contribution in [3.63, 3.8) is 0 Å². The third-order valence-corrected chi connectivity index (χ3v) is 6.55. The third-order valence-electron chi connectivity index (χ3n) is 4.67. The summed E-state index contributed by atoms with van der Waals surface area (Å²) in [6.07, 6.45) is 0.901. The summed E-state index contributed by atoms with van der Waals surface area (Å²) in [4.78, 5) is 11.9. The third kappa shape index (κ3) is 3.74. The Bertz CT molecular complexity index is 678. The summed E-state index contributed by atoms with van der Waals surface area (Å²) in [6, 6.07) is 5.99. The van der Waals surface area contributed by atoms with Gasteiger partial charge in [-0.1, -0.05) is 0 Å². The van der Waals surface area contributed by atoms with Crippen molar-refractivity contribution in [3.8, 4) is 0 Å². The summed E-state index contributed by atoms with van der Waals surface area (Å²) in [5.74, 6) is 0.555. The molecule has 0 spiro atoms. The quantitative estimate of drug-likeness (QED) is 0.808. The van der Waals surface area contributed by atoms with Crippen LogP contribution in [-0.4, -0.2) is 51.5 Å². The largest absolute Gasteiger partial charge is 0.462 e. The van der Waals surface area contributed by atoms with Crippen molar-refractivity contribution in [1.82, 2.24) is 9.62 Å². The van der Waals surface area contributed by atoms with Crippen molar-refractivity contribution in [1.29, 1.82) is 0 Å². The van der Waals surface area contributed by atoms with Crippen molar-refractivity contribution in [2.75, 3.05) is 32.8 Å². The Kier molecular flexibility index (Phi) is 6.25. The Balaban J connectivity index is 0.00000208. The smallest absolute Gasteiger partial charge is 0.338 e. The predicted molar refractivity (Wildman–Crippen MR) is 92.9 cm³/mol. The number of rotatable bonds is 4. The van der Waals surface area contributed by atoms with Gasteiger partial charge in [-0.15, -0.1) is 12.4 Å². The molecule has 1 aromatic rings. The van der Waals surface area contributed by atoms with Crippen LogP contribution in [0.4, 0.5) is 0 Å². The number of hydrogen-bond donors (Lipinski definition) is 1. The van der Waals surface area contributed by atoms with Crippen LogP contribution < -0.4 is 5.32 Å². The van der Waals surface area contributed by atoms with E-state index in [0.717, 1.165) is 19.5 Å². The van der Waals surface area contributed by atoms with Crippen molar-refractivity contribution in [2.45, 2.75) is 18.2 Å². The van der Waals surface area contributed by atoms with E-state index in [2.05, 4.69) is 5.32 Å². The Labute approximate surface area is 149 Å². The summed E-state index contributed by atoms with van der Waals surface area (Å²) in [6.45, 7) is 5.04. The molecule has 6 nitrogen and oxygen atoms in total. The predicted octanol–water partition coefficient (Wildman–Crippen LogP) is 1.52. The molecule has 8 heteroatoms. The number of piperidine rings is 1. The fourth-order valence-electron chi connectivity index (χ4n) is 3.35. The number of hydrogen-bond acceptors (Lipinski definition) is 5. The van der Waals surface area contributed by atoms with Crippen LogP contribution in [0.15, 0.2) is 29.2 Å². The second-order valence-corrected chi connectivity index (χ2v) is 8.01. The normalized spacial score (nSPS) is 24.0. The zero-order valence-corrected chi connectivity index (χ0v) is 15.2. The number of esters is 1. The monoisotopic (exact) mass is 374 g/mol. The highest BCUT2D eigenvalue weighted by Crippen LogP contribution is 2.30. The van der Waals surface area contributed by atoms with Crippen LogP contribution in [0.1, 0.15) is 23.7 Å². The van der Waals surface area contributed by atoms with Gasteiger partial charge in [0.25, 0.3) is 0 Å². The number of fused-ring (bicyclic) bond motifs is 1. The summed E-state index contributed by atoms with van der Waals surface area (Å²) in [5.41, 5.74) is 0.365. The maximum Gasteiger partial charge on any atom is 0.338 e. The number of sulfonamides is 1. The molecule has 0 saturated carbocycles. The second kappa shape index (κ2) is 7.82. The van der Waals surface area contributed by atoms with Gasteiger partial charge in [0, 0.05) is 13.1 Å². The molecule has 2 fully saturated rings. The molecule has 2 atom stereocenters. The summed E-state index contributed by atoms with van der Waals surface area (Å²) >= 11 is 0. The molecule has 2 aliphatic rings. The summed E-state index contributed by atoms with van der Waals surface area (Å²) < 4.78 is 32.0. The highest BCUT2D eigenvalue weighted by molar-refractivity contribution is 7.89. The molecular formula is C16H23ClN2O4S. The highest BCUT2D eigenvalue weighted by Gasteiger charge is 2.37. The molecule has 0 radical (unpaired) electrons. The maximum absolute atomic E-state index is 12.8. The first-order valence-electron chi connectivity index (χ1n) is 8.00. The first-order chi connectivity index (χ1) is 11.0. The van der Waals surface area contributed by atoms with Crippen molar-refractivity contribution >= 4 is 28.4 Å². The van der Waals surface area contributed by atoms with Gasteiger partial charge in [-0.05, 0) is 62.5 Å². The number of carbonyl (C=O) groups excluding carboxylic acids is 1. The maximum atomic E-state index is 12.8. The minimum absolute atomic E-state index is 0. The molecule has 0 aromatic heterocycles. The van der Waals surface area contributed by atoms with Crippen LogP contribution in [0.25, 0.3) is 0 Å². The number of nitrogens with one attached hydrogen (secondary N) is 1. The fourth-order valence-corrected chi connectivity index (χ4v) is 4.86. The zero-order chi connectivity index (χ0) is 16.4. The van der Waals surface area contributed by atoms with E-state index in [1.54, 1.807) is 11.2 Å². The van der Waals surface area contributed by atoms with E-state index in [1.807, 2.05) is 0 Å². The zero-order valence-electron chi connectivity index (χ0n) is 13.6. The van der Waals surface area contributed by atoms with Crippen molar-refractivity contribution in [2.24, 2.45) is 11.8 Å². The van der Waals surface area contributed by atoms with Crippen LogP contribution >= 0.6 is 12.4 Å². The highest BCUT2D eigenvalue weighted by atomic mass is 35.5. The topological polar surface area (TPSA) is 75.7 Å². The number of ether oxygens (including phenoxy) is 1. The van der Waals surface area contributed by atoms with E-state index in [9.17, 15) is 13.2 Å². The Morgan fingerprint density at radius 2 is 1.92 bits per heavy atom. The molecule has 0 aliphatic carbocycles. The Hall–Kier alpha value is -1.15. The molecule has 2 aliphatic heterocycles. The van der Waals surface area contributed by atoms with Crippen LogP contribution in [-0.2, 0) is 14.8 Å². The Morgan fingerprint density at radius 1 is 1.25 bits per heavy atom. The van der Waals surface area contributed by atoms with Gasteiger partial charge in [-0.25, -0.2) is 13.2 Å². The first kappa shape index (κ1) is 19.2. The minimum Gasteiger partial charge on any atom is -0.462 e. The van der Waals surface area contributed by atoms with E-state index < -0.39 is 16.0 Å². The molecule has 2 heterocycles. The van der Waals surface area contributed by atoms with E-state index in [4.69, 9.17) is 4.74 Å².